The number of hydrogen-bond donors (Lipinski definition) is 1. The van der Waals surface area contributed by atoms with Crippen LogP contribution >= 0.6 is 11.8 Å². The molecule has 0 amide bonds. The summed E-state index contributed by atoms with van der Waals surface area (Å²) in [6, 6.07) is 15.8. The van der Waals surface area contributed by atoms with E-state index in [1.54, 1.807) is 18.9 Å². The standard InChI is InChI=1S/C18H19N3OS/c1-13-11-20-18(23-13)21-16-7-5-15(6-8-16)19-12-14-3-9-17(22-2)10-4-14/h3-10,12-13H,11H2,1-2H3,(H,20,21)/t13-/m1/s1. The Labute approximate surface area is 140 Å². The van der Waals surface area contributed by atoms with Crippen molar-refractivity contribution in [2.45, 2.75) is 12.2 Å². The number of rotatable bonds is 4. The van der Waals surface area contributed by atoms with Crippen LogP contribution in [0.5, 0.6) is 5.75 Å². The van der Waals surface area contributed by atoms with E-state index in [9.17, 15) is 0 Å². The Morgan fingerprint density at radius 1 is 1.17 bits per heavy atom. The first kappa shape index (κ1) is 15.6. The Kier molecular flexibility index (Phi) is 4.98. The summed E-state index contributed by atoms with van der Waals surface area (Å²) in [6.07, 6.45) is 1.85. The zero-order valence-electron chi connectivity index (χ0n) is 13.2. The van der Waals surface area contributed by atoms with E-state index in [0.717, 1.165) is 34.4 Å². The van der Waals surface area contributed by atoms with Crippen LogP contribution in [-0.4, -0.2) is 30.3 Å². The highest BCUT2D eigenvalue weighted by Gasteiger charge is 2.14. The highest BCUT2D eigenvalue weighted by atomic mass is 32.2. The maximum atomic E-state index is 5.14. The number of benzene rings is 2. The summed E-state index contributed by atoms with van der Waals surface area (Å²) < 4.78 is 5.14. The molecule has 0 saturated heterocycles. The molecule has 0 aromatic heterocycles. The van der Waals surface area contributed by atoms with Gasteiger partial charge in [0.2, 0.25) is 0 Å². The van der Waals surface area contributed by atoms with Gasteiger partial charge in [0.1, 0.15) is 5.75 Å². The minimum atomic E-state index is 0.561. The molecule has 4 nitrogen and oxygen atoms in total. The number of methoxy groups -OCH3 is 1. The zero-order valence-corrected chi connectivity index (χ0v) is 14.0. The molecule has 1 heterocycles. The molecule has 1 aliphatic heterocycles. The Morgan fingerprint density at radius 3 is 2.52 bits per heavy atom. The SMILES string of the molecule is COc1ccc(C=Nc2ccc(NC3=NC[C@@H](C)S3)cc2)cc1. The van der Waals surface area contributed by atoms with Crippen molar-refractivity contribution in [1.82, 2.24) is 0 Å². The third-order valence-corrected chi connectivity index (χ3v) is 4.41. The molecule has 2 aromatic rings. The predicted octanol–water partition coefficient (Wildman–Crippen LogP) is 4.35. The molecular formula is C18H19N3OS. The molecule has 0 aliphatic carbocycles. The van der Waals surface area contributed by atoms with E-state index in [2.05, 4.69) is 22.2 Å². The van der Waals surface area contributed by atoms with Crippen LogP contribution in [0.2, 0.25) is 0 Å². The Hall–Kier alpha value is -2.27. The third-order valence-electron chi connectivity index (χ3n) is 3.40. The smallest absolute Gasteiger partial charge is 0.161 e. The van der Waals surface area contributed by atoms with E-state index >= 15 is 0 Å². The predicted molar refractivity (Wildman–Crippen MR) is 99.7 cm³/mol. The fourth-order valence-corrected chi connectivity index (χ4v) is 2.99. The maximum Gasteiger partial charge on any atom is 0.161 e. The van der Waals surface area contributed by atoms with Gasteiger partial charge >= 0.3 is 0 Å². The number of thioether (sulfide) groups is 1. The molecule has 0 spiro atoms. The van der Waals surface area contributed by atoms with Crippen LogP contribution in [0.4, 0.5) is 11.4 Å². The number of ether oxygens (including phenoxy) is 1. The molecule has 5 heteroatoms. The summed E-state index contributed by atoms with van der Waals surface area (Å²) in [7, 11) is 1.66. The highest BCUT2D eigenvalue weighted by Crippen LogP contribution is 2.23. The fourth-order valence-electron chi connectivity index (χ4n) is 2.14. The largest absolute Gasteiger partial charge is 0.497 e. The van der Waals surface area contributed by atoms with Crippen molar-refractivity contribution in [2.24, 2.45) is 9.98 Å². The van der Waals surface area contributed by atoms with Gasteiger partial charge in [-0.2, -0.15) is 0 Å². The minimum Gasteiger partial charge on any atom is -0.497 e. The first-order valence-corrected chi connectivity index (χ1v) is 8.37. The van der Waals surface area contributed by atoms with E-state index in [1.807, 2.05) is 54.7 Å². The molecule has 0 radical (unpaired) electrons. The van der Waals surface area contributed by atoms with Gasteiger partial charge in [-0.25, -0.2) is 0 Å². The molecule has 0 saturated carbocycles. The average Bonchev–Trinajstić information content (AvgIpc) is 2.99. The van der Waals surface area contributed by atoms with Crippen molar-refractivity contribution in [2.75, 3.05) is 19.0 Å². The molecule has 1 N–H and O–H groups in total. The number of nitrogens with one attached hydrogen (secondary N) is 1. The second-order valence-electron chi connectivity index (χ2n) is 5.28. The first-order valence-electron chi connectivity index (χ1n) is 7.49. The summed E-state index contributed by atoms with van der Waals surface area (Å²) in [4.78, 5) is 8.94. The second kappa shape index (κ2) is 7.33. The second-order valence-corrected chi connectivity index (χ2v) is 6.70. The van der Waals surface area contributed by atoms with Crippen molar-refractivity contribution in [3.8, 4) is 5.75 Å². The minimum absolute atomic E-state index is 0.561. The lowest BCUT2D eigenvalue weighted by Crippen LogP contribution is -2.05. The normalized spacial score (nSPS) is 17.3. The van der Waals surface area contributed by atoms with Gasteiger partial charge in [0, 0.05) is 17.2 Å². The van der Waals surface area contributed by atoms with Crippen LogP contribution in [0.25, 0.3) is 0 Å². The van der Waals surface area contributed by atoms with Crippen molar-refractivity contribution in [3.05, 3.63) is 54.1 Å². The highest BCUT2D eigenvalue weighted by molar-refractivity contribution is 8.15. The topological polar surface area (TPSA) is 46.0 Å². The van der Waals surface area contributed by atoms with Crippen LogP contribution in [-0.2, 0) is 0 Å². The van der Waals surface area contributed by atoms with Crippen LogP contribution in [0.1, 0.15) is 12.5 Å². The van der Waals surface area contributed by atoms with Gasteiger partial charge in [0.25, 0.3) is 0 Å². The van der Waals surface area contributed by atoms with E-state index < -0.39 is 0 Å². The molecule has 23 heavy (non-hydrogen) atoms. The summed E-state index contributed by atoms with van der Waals surface area (Å²) >= 11 is 1.77. The number of amidine groups is 1. The average molecular weight is 325 g/mol. The lowest BCUT2D eigenvalue weighted by atomic mass is 10.2. The fraction of sp³-hybridized carbons (Fsp3) is 0.222. The van der Waals surface area contributed by atoms with Crippen molar-refractivity contribution >= 4 is 34.5 Å². The first-order chi connectivity index (χ1) is 11.2. The van der Waals surface area contributed by atoms with E-state index in [0.29, 0.717) is 5.25 Å². The van der Waals surface area contributed by atoms with Gasteiger partial charge in [-0.1, -0.05) is 18.7 Å². The number of hydrogen-bond acceptors (Lipinski definition) is 5. The number of aliphatic imine (C=N–C) groups is 2. The molecule has 3 rings (SSSR count). The maximum absolute atomic E-state index is 5.14. The van der Waals surface area contributed by atoms with E-state index in [4.69, 9.17) is 4.74 Å². The van der Waals surface area contributed by atoms with Crippen molar-refractivity contribution in [3.63, 3.8) is 0 Å². The lowest BCUT2D eigenvalue weighted by molar-refractivity contribution is 0.415. The van der Waals surface area contributed by atoms with Crippen LogP contribution < -0.4 is 10.1 Å². The van der Waals surface area contributed by atoms with E-state index in [-0.39, 0.29) is 0 Å². The van der Waals surface area contributed by atoms with Gasteiger partial charge in [-0.15, -0.1) is 0 Å². The van der Waals surface area contributed by atoms with Gasteiger partial charge < -0.3 is 10.1 Å². The quantitative estimate of drug-likeness (QED) is 0.850. The van der Waals surface area contributed by atoms with Gasteiger partial charge in [0.15, 0.2) is 5.17 Å². The monoisotopic (exact) mass is 325 g/mol. The Balaban J connectivity index is 1.61. The molecule has 1 aliphatic rings. The Morgan fingerprint density at radius 2 is 1.91 bits per heavy atom. The summed E-state index contributed by atoms with van der Waals surface area (Å²) in [5, 5.41) is 4.89. The van der Waals surface area contributed by atoms with Crippen LogP contribution in [0, 0.1) is 0 Å². The molecule has 1 atom stereocenters. The molecule has 2 aromatic carbocycles. The summed E-state index contributed by atoms with van der Waals surface area (Å²) in [5.41, 5.74) is 2.99. The van der Waals surface area contributed by atoms with Crippen molar-refractivity contribution < 1.29 is 4.74 Å². The lowest BCUT2D eigenvalue weighted by Gasteiger charge is -2.06. The van der Waals surface area contributed by atoms with Gasteiger partial charge in [-0.3, -0.25) is 9.98 Å². The Bertz CT molecular complexity index is 708. The van der Waals surface area contributed by atoms with Crippen molar-refractivity contribution in [1.29, 1.82) is 0 Å². The molecule has 0 bridgehead atoms. The number of anilines is 1. The summed E-state index contributed by atoms with van der Waals surface area (Å²) in [6.45, 7) is 3.07. The van der Waals surface area contributed by atoms with Gasteiger partial charge in [-0.05, 0) is 54.1 Å². The molecule has 0 fully saturated rings. The zero-order chi connectivity index (χ0) is 16.1. The van der Waals surface area contributed by atoms with Crippen LogP contribution in [0.3, 0.4) is 0 Å². The number of nitrogens with zero attached hydrogens (tertiary/aromatic N) is 2. The summed E-state index contributed by atoms with van der Waals surface area (Å²) in [5.74, 6) is 0.847. The molecule has 118 valence electrons. The van der Waals surface area contributed by atoms with Crippen LogP contribution in [0.15, 0.2) is 58.5 Å². The third kappa shape index (κ3) is 4.36. The van der Waals surface area contributed by atoms with E-state index in [1.165, 1.54) is 0 Å². The van der Waals surface area contributed by atoms with Gasteiger partial charge in [0.05, 0.1) is 19.3 Å². The molecule has 0 unspecified atom stereocenters. The molecular weight excluding hydrogens is 306 g/mol.